The third kappa shape index (κ3) is 4.88. The zero-order valence-corrected chi connectivity index (χ0v) is 33.7. The highest BCUT2D eigenvalue weighted by Gasteiger charge is 2.52. The van der Waals surface area contributed by atoms with Crippen LogP contribution in [0.25, 0.3) is 60.5 Å². The summed E-state index contributed by atoms with van der Waals surface area (Å²) in [6.45, 7) is 0. The van der Waals surface area contributed by atoms with Gasteiger partial charge in [0, 0.05) is 44.5 Å². The van der Waals surface area contributed by atoms with Gasteiger partial charge < -0.3 is 14.2 Å². The van der Waals surface area contributed by atoms with Gasteiger partial charge in [-0.2, -0.15) is 0 Å². The first-order valence-electron chi connectivity index (χ1n) is 21.3. The Morgan fingerprint density at radius 3 is 1.79 bits per heavy atom. The van der Waals surface area contributed by atoms with Gasteiger partial charge in [0.25, 0.3) is 0 Å². The van der Waals surface area contributed by atoms with E-state index < -0.39 is 5.41 Å². The molecule has 0 radical (unpaired) electrons. The Morgan fingerprint density at radius 1 is 0.387 bits per heavy atom. The molecule has 0 atom stereocenters. The van der Waals surface area contributed by atoms with Crippen molar-refractivity contribution in [3.8, 4) is 39.4 Å². The molecule has 3 heteroatoms. The number of hydrogen-bond acceptors (Lipinski definition) is 2. The van der Waals surface area contributed by atoms with Crippen LogP contribution in [0.5, 0.6) is 11.5 Å². The molecule has 1 spiro atoms. The molecule has 1 aromatic heterocycles. The molecule has 0 unspecified atom stereocenters. The summed E-state index contributed by atoms with van der Waals surface area (Å²) in [5, 5.41) is 4.89. The van der Waals surface area contributed by atoms with E-state index in [1.165, 1.54) is 60.4 Å². The van der Waals surface area contributed by atoms with E-state index in [2.05, 4.69) is 240 Å². The topological polar surface area (TPSA) is 17.4 Å². The van der Waals surface area contributed by atoms with Crippen molar-refractivity contribution in [1.29, 1.82) is 0 Å². The van der Waals surface area contributed by atoms with Crippen molar-refractivity contribution in [1.82, 2.24) is 4.57 Å². The quantitative estimate of drug-likeness (QED) is 0.173. The average Bonchev–Trinajstić information content (AvgIpc) is 3.83. The Hall–Kier alpha value is -8.14. The molecule has 0 N–H and O–H groups in total. The summed E-state index contributed by atoms with van der Waals surface area (Å²) >= 11 is 0. The van der Waals surface area contributed by atoms with E-state index in [9.17, 15) is 0 Å². The van der Waals surface area contributed by atoms with Crippen molar-refractivity contribution in [2.75, 3.05) is 4.90 Å². The lowest BCUT2D eigenvalue weighted by atomic mass is 9.65. The van der Waals surface area contributed by atoms with Crippen LogP contribution in [0.1, 0.15) is 22.3 Å². The minimum atomic E-state index is -0.648. The van der Waals surface area contributed by atoms with Crippen molar-refractivity contribution < 1.29 is 4.74 Å². The summed E-state index contributed by atoms with van der Waals surface area (Å²) in [4.78, 5) is 2.47. The molecular formula is C59H38N2O. The molecule has 0 fully saturated rings. The van der Waals surface area contributed by atoms with Gasteiger partial charge in [0.15, 0.2) is 0 Å². The van der Waals surface area contributed by atoms with Gasteiger partial charge in [-0.25, -0.2) is 0 Å². The van der Waals surface area contributed by atoms with Crippen molar-refractivity contribution in [2.45, 2.75) is 5.41 Å². The van der Waals surface area contributed by atoms with Gasteiger partial charge in [-0.3, -0.25) is 0 Å². The van der Waals surface area contributed by atoms with E-state index in [1.54, 1.807) is 0 Å². The van der Waals surface area contributed by atoms with Crippen LogP contribution in [0.15, 0.2) is 231 Å². The molecule has 2 aliphatic rings. The van der Waals surface area contributed by atoms with Crippen molar-refractivity contribution in [3.05, 3.63) is 253 Å². The third-order valence-corrected chi connectivity index (χ3v) is 13.2. The molecule has 0 amide bonds. The molecule has 0 saturated carbocycles. The molecule has 62 heavy (non-hydrogen) atoms. The summed E-state index contributed by atoms with van der Waals surface area (Å²) in [6.07, 6.45) is 0. The number of anilines is 3. The Kier molecular flexibility index (Phi) is 7.52. The van der Waals surface area contributed by atoms with Crippen molar-refractivity contribution >= 4 is 49.6 Å². The second kappa shape index (κ2) is 13.4. The minimum absolute atomic E-state index is 0.648. The summed E-state index contributed by atoms with van der Waals surface area (Å²) in [6, 6.07) is 84.0. The maximum absolute atomic E-state index is 6.78. The predicted octanol–water partition coefficient (Wildman–Crippen LogP) is 15.5. The Labute approximate surface area is 360 Å². The zero-order chi connectivity index (χ0) is 40.8. The lowest BCUT2D eigenvalue weighted by Gasteiger charge is -2.40. The standard InChI is InChI=1S/C59H38N2O/c1-3-17-39(18-4-1)44-22-9-13-27-53(44)60(42-33-36-55-49(37-42)47-24-10-14-28-54(47)61(55)41-20-5-2-6-21-41)43-32-35-46-48-34-31-40-19-7-8-23-45(40)58(48)59(52(46)38-43)50-25-11-15-29-56(50)62-57-30-16-12-26-51(57)59/h1-38H. The Balaban J connectivity index is 1.12. The van der Waals surface area contributed by atoms with Crippen LogP contribution in [0.2, 0.25) is 0 Å². The monoisotopic (exact) mass is 790 g/mol. The summed E-state index contributed by atoms with van der Waals surface area (Å²) in [7, 11) is 0. The first-order chi connectivity index (χ1) is 30.8. The second-order valence-corrected chi connectivity index (χ2v) is 16.4. The molecular weight excluding hydrogens is 753 g/mol. The molecule has 1 aliphatic carbocycles. The first kappa shape index (κ1) is 34.7. The fourth-order valence-electron chi connectivity index (χ4n) is 10.7. The minimum Gasteiger partial charge on any atom is -0.457 e. The normalized spacial score (nSPS) is 13.1. The van der Waals surface area contributed by atoms with E-state index in [-0.39, 0.29) is 0 Å². The van der Waals surface area contributed by atoms with Crippen molar-refractivity contribution in [2.24, 2.45) is 0 Å². The molecule has 0 saturated heterocycles. The molecule has 1 aliphatic heterocycles. The SMILES string of the molecule is c1ccc(-c2ccccc2N(c2ccc3c(c2)C2(c4ccccc4Oc4ccccc42)c2c-3ccc3ccccc23)c2ccc3c(c2)c2ccccc2n3-c2ccccc2)cc1. The van der Waals surface area contributed by atoms with Gasteiger partial charge in [-0.05, 0) is 105 Å². The molecule has 290 valence electrons. The van der Waals surface area contributed by atoms with Crippen LogP contribution in [0.4, 0.5) is 17.1 Å². The number of ether oxygens (including phenoxy) is 1. The molecule has 0 bridgehead atoms. The van der Waals surface area contributed by atoms with Gasteiger partial charge in [0.2, 0.25) is 0 Å². The number of benzene rings is 10. The number of rotatable bonds is 5. The van der Waals surface area contributed by atoms with Crippen LogP contribution in [-0.2, 0) is 5.41 Å². The zero-order valence-electron chi connectivity index (χ0n) is 33.7. The highest BCUT2D eigenvalue weighted by molar-refractivity contribution is 6.11. The summed E-state index contributed by atoms with van der Waals surface area (Å²) < 4.78 is 9.17. The summed E-state index contributed by atoms with van der Waals surface area (Å²) in [5.74, 6) is 1.77. The molecule has 13 rings (SSSR count). The van der Waals surface area contributed by atoms with E-state index in [0.717, 1.165) is 50.9 Å². The molecule has 3 nitrogen and oxygen atoms in total. The highest BCUT2D eigenvalue weighted by Crippen LogP contribution is 2.64. The van der Waals surface area contributed by atoms with Gasteiger partial charge >= 0.3 is 0 Å². The highest BCUT2D eigenvalue weighted by atomic mass is 16.5. The van der Waals surface area contributed by atoms with E-state index >= 15 is 0 Å². The van der Waals surface area contributed by atoms with Crippen LogP contribution in [0, 0.1) is 0 Å². The Bertz CT molecular complexity index is 3520. The number of fused-ring (bicyclic) bond motifs is 14. The fourth-order valence-corrected chi connectivity index (χ4v) is 10.7. The number of aromatic nitrogens is 1. The van der Waals surface area contributed by atoms with Crippen LogP contribution < -0.4 is 9.64 Å². The van der Waals surface area contributed by atoms with Gasteiger partial charge in [0.05, 0.1) is 22.1 Å². The first-order valence-corrected chi connectivity index (χ1v) is 21.3. The van der Waals surface area contributed by atoms with E-state index in [1.807, 2.05) is 0 Å². The maximum atomic E-state index is 6.78. The predicted molar refractivity (Wildman–Crippen MR) is 256 cm³/mol. The molecule has 2 heterocycles. The van der Waals surface area contributed by atoms with Gasteiger partial charge in [-0.1, -0.05) is 164 Å². The van der Waals surface area contributed by atoms with Crippen LogP contribution in [0.3, 0.4) is 0 Å². The lowest BCUT2D eigenvalue weighted by molar-refractivity contribution is 0.437. The largest absolute Gasteiger partial charge is 0.457 e. The van der Waals surface area contributed by atoms with E-state index in [4.69, 9.17) is 4.74 Å². The van der Waals surface area contributed by atoms with Crippen molar-refractivity contribution in [3.63, 3.8) is 0 Å². The fraction of sp³-hybridized carbons (Fsp3) is 0.0169. The molecule has 10 aromatic carbocycles. The lowest BCUT2D eigenvalue weighted by Crippen LogP contribution is -2.32. The van der Waals surface area contributed by atoms with Crippen LogP contribution >= 0.6 is 0 Å². The van der Waals surface area contributed by atoms with Gasteiger partial charge in [0.1, 0.15) is 11.5 Å². The van der Waals surface area contributed by atoms with Gasteiger partial charge in [-0.15, -0.1) is 0 Å². The Morgan fingerprint density at radius 2 is 0.984 bits per heavy atom. The van der Waals surface area contributed by atoms with E-state index in [0.29, 0.717) is 0 Å². The smallest absolute Gasteiger partial charge is 0.132 e. The summed E-state index contributed by atoms with van der Waals surface area (Å²) in [5.41, 5.74) is 15.8. The molecule has 11 aromatic rings. The second-order valence-electron chi connectivity index (χ2n) is 16.4. The number of para-hydroxylation sites is 5. The maximum Gasteiger partial charge on any atom is 0.132 e. The average molecular weight is 791 g/mol. The van der Waals surface area contributed by atoms with Crippen LogP contribution in [-0.4, -0.2) is 4.57 Å². The number of hydrogen-bond donors (Lipinski definition) is 0. The third-order valence-electron chi connectivity index (χ3n) is 13.2. The number of nitrogens with zero attached hydrogens (tertiary/aromatic N) is 2.